The van der Waals surface area contributed by atoms with E-state index < -0.39 is 0 Å². The van der Waals surface area contributed by atoms with Crippen molar-refractivity contribution < 1.29 is 9.50 Å². The Kier molecular flexibility index (Phi) is 4.61. The molecule has 24 heavy (non-hydrogen) atoms. The zero-order valence-electron chi connectivity index (χ0n) is 13.7. The number of nitrogens with one attached hydrogen (secondary N) is 1. The Labute approximate surface area is 139 Å². The number of anilines is 1. The third kappa shape index (κ3) is 3.30. The monoisotopic (exact) mass is 329 g/mol. The second kappa shape index (κ2) is 6.84. The number of rotatable bonds is 6. The molecule has 0 fully saturated rings. The van der Waals surface area contributed by atoms with Crippen LogP contribution in [0.25, 0.3) is 5.69 Å². The number of aromatic nitrogens is 4. The van der Waals surface area contributed by atoms with Gasteiger partial charge in [-0.15, -0.1) is 0 Å². The highest BCUT2D eigenvalue weighted by atomic mass is 19.1. The summed E-state index contributed by atoms with van der Waals surface area (Å²) in [5.41, 5.74) is 4.74. The minimum absolute atomic E-state index is 0.0593. The van der Waals surface area contributed by atoms with E-state index in [2.05, 4.69) is 15.5 Å². The Morgan fingerprint density at radius 2 is 1.96 bits per heavy atom. The Morgan fingerprint density at radius 1 is 1.21 bits per heavy atom. The quantitative estimate of drug-likeness (QED) is 0.729. The van der Waals surface area contributed by atoms with E-state index in [-0.39, 0.29) is 12.4 Å². The highest BCUT2D eigenvalue weighted by Gasteiger charge is 2.13. The van der Waals surface area contributed by atoms with Crippen LogP contribution in [0, 0.1) is 19.7 Å². The second-order valence-corrected chi connectivity index (χ2v) is 5.61. The van der Waals surface area contributed by atoms with Crippen LogP contribution in [0.4, 0.5) is 10.1 Å². The normalized spacial score (nSPS) is 11.0. The molecule has 0 atom stereocenters. The molecule has 0 spiro atoms. The van der Waals surface area contributed by atoms with E-state index in [1.54, 1.807) is 23.0 Å². The summed E-state index contributed by atoms with van der Waals surface area (Å²) in [5.74, 6) is -0.262. The highest BCUT2D eigenvalue weighted by molar-refractivity contribution is 5.42. The molecule has 126 valence electrons. The Hall–Kier alpha value is -2.67. The maximum absolute atomic E-state index is 13.1. The van der Waals surface area contributed by atoms with Crippen molar-refractivity contribution in [3.05, 3.63) is 59.4 Å². The third-order valence-corrected chi connectivity index (χ3v) is 3.94. The van der Waals surface area contributed by atoms with Crippen LogP contribution in [0.15, 0.2) is 36.7 Å². The smallest absolute Gasteiger partial charge is 0.123 e. The van der Waals surface area contributed by atoms with Crippen molar-refractivity contribution in [2.45, 2.75) is 26.9 Å². The number of halogens is 1. The Bertz CT molecular complexity index is 822. The van der Waals surface area contributed by atoms with Crippen molar-refractivity contribution in [3.8, 4) is 5.69 Å². The van der Waals surface area contributed by atoms with Crippen LogP contribution < -0.4 is 5.32 Å². The van der Waals surface area contributed by atoms with Crippen molar-refractivity contribution in [2.24, 2.45) is 0 Å². The average molecular weight is 329 g/mol. The molecule has 2 N–H and O–H groups in total. The van der Waals surface area contributed by atoms with Crippen LogP contribution in [-0.2, 0) is 13.1 Å². The van der Waals surface area contributed by atoms with Gasteiger partial charge in [0.05, 0.1) is 36.4 Å². The summed E-state index contributed by atoms with van der Waals surface area (Å²) in [6.07, 6.45) is 3.58. The van der Waals surface area contributed by atoms with Crippen molar-refractivity contribution >= 4 is 5.69 Å². The van der Waals surface area contributed by atoms with Gasteiger partial charge in [0.15, 0.2) is 0 Å². The first-order valence-corrected chi connectivity index (χ1v) is 7.76. The Balaban J connectivity index is 1.77. The topological polar surface area (TPSA) is 67.9 Å². The first kappa shape index (κ1) is 16.2. The van der Waals surface area contributed by atoms with Gasteiger partial charge in [-0.05, 0) is 38.1 Å². The van der Waals surface area contributed by atoms with Gasteiger partial charge >= 0.3 is 0 Å². The number of nitrogens with zero attached hydrogens (tertiary/aromatic N) is 4. The first-order chi connectivity index (χ1) is 11.6. The lowest BCUT2D eigenvalue weighted by Crippen LogP contribution is -2.03. The second-order valence-electron chi connectivity index (χ2n) is 5.61. The van der Waals surface area contributed by atoms with Crippen molar-refractivity contribution in [1.82, 2.24) is 19.6 Å². The number of benzene rings is 1. The van der Waals surface area contributed by atoms with Gasteiger partial charge in [-0.3, -0.25) is 4.68 Å². The lowest BCUT2D eigenvalue weighted by atomic mass is 10.2. The largest absolute Gasteiger partial charge is 0.394 e. The molecule has 0 aliphatic carbocycles. The predicted octanol–water partition coefficient (Wildman–Crippen LogP) is 2.43. The zero-order chi connectivity index (χ0) is 17.1. The number of hydrogen-bond acceptors (Lipinski definition) is 4. The van der Waals surface area contributed by atoms with E-state index in [1.165, 1.54) is 12.1 Å². The molecule has 0 saturated carbocycles. The van der Waals surface area contributed by atoms with Crippen LogP contribution in [-0.4, -0.2) is 31.3 Å². The van der Waals surface area contributed by atoms with Crippen LogP contribution in [0.5, 0.6) is 0 Å². The molecule has 6 nitrogen and oxygen atoms in total. The average Bonchev–Trinajstić information content (AvgIpc) is 3.12. The summed E-state index contributed by atoms with van der Waals surface area (Å²) >= 11 is 0. The molecule has 0 radical (unpaired) electrons. The standard InChI is InChI=1S/C17H20FN5O/c1-12-17(10-19-15-9-20-22(11-15)7-8-24)13(2)23(21-12)16-5-3-14(18)4-6-16/h3-6,9,11,19,24H,7-8,10H2,1-2H3. The maximum atomic E-state index is 13.1. The molecule has 3 aromatic rings. The molecular weight excluding hydrogens is 309 g/mol. The van der Waals surface area contributed by atoms with Gasteiger partial charge in [0.1, 0.15) is 5.82 Å². The molecule has 0 amide bonds. The van der Waals surface area contributed by atoms with E-state index in [9.17, 15) is 4.39 Å². The first-order valence-electron chi connectivity index (χ1n) is 7.76. The van der Waals surface area contributed by atoms with Crippen LogP contribution in [0.3, 0.4) is 0 Å². The van der Waals surface area contributed by atoms with Crippen molar-refractivity contribution in [1.29, 1.82) is 0 Å². The number of aryl methyl sites for hydroxylation is 1. The number of aliphatic hydroxyl groups excluding tert-OH is 1. The zero-order valence-corrected chi connectivity index (χ0v) is 13.7. The number of aliphatic hydroxyl groups is 1. The van der Waals surface area contributed by atoms with Crippen molar-refractivity contribution in [3.63, 3.8) is 0 Å². The molecule has 2 aromatic heterocycles. The van der Waals surface area contributed by atoms with Gasteiger partial charge in [0, 0.05) is 24.0 Å². The third-order valence-electron chi connectivity index (χ3n) is 3.94. The summed E-state index contributed by atoms with van der Waals surface area (Å²) in [6.45, 7) is 5.10. The predicted molar refractivity (Wildman–Crippen MR) is 89.6 cm³/mol. The van der Waals surface area contributed by atoms with Gasteiger partial charge in [-0.1, -0.05) is 0 Å². The SMILES string of the molecule is Cc1nn(-c2ccc(F)cc2)c(C)c1CNc1cnn(CCO)c1. The lowest BCUT2D eigenvalue weighted by molar-refractivity contribution is 0.269. The Morgan fingerprint density at radius 3 is 2.67 bits per heavy atom. The van der Waals surface area contributed by atoms with Gasteiger partial charge in [0.25, 0.3) is 0 Å². The summed E-state index contributed by atoms with van der Waals surface area (Å²) in [5, 5.41) is 21.0. The minimum atomic E-state index is -0.262. The molecule has 1 aromatic carbocycles. The summed E-state index contributed by atoms with van der Waals surface area (Å²) in [6, 6.07) is 6.29. The van der Waals surface area contributed by atoms with Crippen LogP contribution >= 0.6 is 0 Å². The fourth-order valence-corrected chi connectivity index (χ4v) is 2.63. The minimum Gasteiger partial charge on any atom is -0.394 e. The van der Waals surface area contributed by atoms with Gasteiger partial charge in [0.2, 0.25) is 0 Å². The summed E-state index contributed by atoms with van der Waals surface area (Å²) in [4.78, 5) is 0. The molecule has 7 heteroatoms. The summed E-state index contributed by atoms with van der Waals surface area (Å²) < 4.78 is 16.6. The van der Waals surface area contributed by atoms with Gasteiger partial charge in [-0.2, -0.15) is 10.2 Å². The molecule has 2 heterocycles. The fourth-order valence-electron chi connectivity index (χ4n) is 2.63. The fraction of sp³-hybridized carbons (Fsp3) is 0.294. The molecule has 0 unspecified atom stereocenters. The van der Waals surface area contributed by atoms with Gasteiger partial charge < -0.3 is 10.4 Å². The highest BCUT2D eigenvalue weighted by Crippen LogP contribution is 2.19. The molecule has 0 aliphatic heterocycles. The number of hydrogen-bond donors (Lipinski definition) is 2. The van der Waals surface area contributed by atoms with Crippen LogP contribution in [0.2, 0.25) is 0 Å². The van der Waals surface area contributed by atoms with E-state index >= 15 is 0 Å². The van der Waals surface area contributed by atoms with Crippen LogP contribution in [0.1, 0.15) is 17.0 Å². The maximum Gasteiger partial charge on any atom is 0.123 e. The molecule has 0 aliphatic rings. The molecule has 0 saturated heterocycles. The van der Waals surface area contributed by atoms with Crippen molar-refractivity contribution in [2.75, 3.05) is 11.9 Å². The van der Waals surface area contributed by atoms with E-state index in [4.69, 9.17) is 5.11 Å². The molecule has 0 bridgehead atoms. The molecular formula is C17H20FN5O. The molecule has 3 rings (SSSR count). The van der Waals surface area contributed by atoms with E-state index in [0.29, 0.717) is 13.1 Å². The van der Waals surface area contributed by atoms with Gasteiger partial charge in [-0.25, -0.2) is 9.07 Å². The summed E-state index contributed by atoms with van der Waals surface area (Å²) in [7, 11) is 0. The van der Waals surface area contributed by atoms with E-state index in [0.717, 1.165) is 28.3 Å². The lowest BCUT2D eigenvalue weighted by Gasteiger charge is -2.06. The van der Waals surface area contributed by atoms with E-state index in [1.807, 2.05) is 24.7 Å².